The van der Waals surface area contributed by atoms with Crippen LogP contribution in [0.15, 0.2) is 42.5 Å². The largest absolute Gasteiger partial charge is 0.315 e. The van der Waals surface area contributed by atoms with E-state index in [0.717, 1.165) is 41.9 Å². The van der Waals surface area contributed by atoms with E-state index in [1.54, 1.807) is 0 Å². The van der Waals surface area contributed by atoms with Gasteiger partial charge in [-0.2, -0.15) is 0 Å². The minimum Gasteiger partial charge on any atom is -0.315 e. The highest BCUT2D eigenvalue weighted by atomic mass is 31.2. The van der Waals surface area contributed by atoms with E-state index in [1.807, 2.05) is 61.2 Å². The first kappa shape index (κ1) is 21.6. The van der Waals surface area contributed by atoms with Gasteiger partial charge in [0, 0.05) is 24.3 Å². The summed E-state index contributed by atoms with van der Waals surface area (Å²) in [5, 5.41) is 3.17. The highest BCUT2D eigenvalue weighted by Crippen LogP contribution is 2.50. The summed E-state index contributed by atoms with van der Waals surface area (Å²) >= 11 is 0. The molecular formula is C23H31N2O3P. The summed E-state index contributed by atoms with van der Waals surface area (Å²) in [7, 11) is -3.09. The number of carbonyl (C=O) groups is 1. The lowest BCUT2D eigenvalue weighted by Crippen LogP contribution is -2.35. The average Bonchev–Trinajstić information content (AvgIpc) is 2.69. The fourth-order valence-electron chi connectivity index (χ4n) is 3.65. The molecule has 1 aliphatic rings. The second kappa shape index (κ2) is 9.60. The summed E-state index contributed by atoms with van der Waals surface area (Å²) in [6, 6.07) is 13.9. The minimum absolute atomic E-state index is 0.186. The average molecular weight is 414 g/mol. The standard InChI is InChI=1S/C23H31N2O3P/c1-4-6-15-25-22-13-12-21(16-20(22)11-14-23(25)26)24-29(27,28-5-2)17-19-9-7-18(3)8-10-19/h7-10,12-13,16H,4-6,11,14-15,17H2,1-3H3,(H,24,27). The van der Waals surface area contributed by atoms with Crippen molar-refractivity contribution in [3.8, 4) is 0 Å². The number of hydrogen-bond acceptors (Lipinski definition) is 3. The Balaban J connectivity index is 1.81. The van der Waals surface area contributed by atoms with Gasteiger partial charge in [-0.15, -0.1) is 0 Å². The molecule has 1 N–H and O–H groups in total. The molecule has 156 valence electrons. The molecule has 0 radical (unpaired) electrons. The lowest BCUT2D eigenvalue weighted by atomic mass is 10.00. The highest BCUT2D eigenvalue weighted by molar-refractivity contribution is 7.59. The van der Waals surface area contributed by atoms with Crippen molar-refractivity contribution in [2.75, 3.05) is 23.1 Å². The lowest BCUT2D eigenvalue weighted by molar-refractivity contribution is -0.118. The molecule has 2 aromatic rings. The van der Waals surface area contributed by atoms with Crippen LogP contribution in [-0.2, 0) is 26.5 Å². The van der Waals surface area contributed by atoms with Crippen molar-refractivity contribution in [2.24, 2.45) is 0 Å². The number of nitrogens with one attached hydrogen (secondary N) is 1. The van der Waals surface area contributed by atoms with Crippen molar-refractivity contribution in [3.05, 3.63) is 59.2 Å². The maximum atomic E-state index is 13.5. The van der Waals surface area contributed by atoms with Gasteiger partial charge in [0.05, 0.1) is 12.8 Å². The third-order valence-electron chi connectivity index (χ3n) is 5.16. The van der Waals surface area contributed by atoms with Crippen molar-refractivity contribution in [1.82, 2.24) is 0 Å². The van der Waals surface area contributed by atoms with E-state index < -0.39 is 7.52 Å². The summed E-state index contributed by atoms with van der Waals surface area (Å²) < 4.78 is 19.1. The number of fused-ring (bicyclic) bond motifs is 1. The number of unbranched alkanes of at least 4 members (excludes halogenated alkanes) is 1. The predicted molar refractivity (Wildman–Crippen MR) is 120 cm³/mol. The summed E-state index contributed by atoms with van der Waals surface area (Å²) in [6.07, 6.45) is 3.60. The molecule has 1 heterocycles. The van der Waals surface area contributed by atoms with Crippen LogP contribution in [0.3, 0.4) is 0 Å². The molecule has 0 aromatic heterocycles. The number of hydrogen-bond donors (Lipinski definition) is 1. The van der Waals surface area contributed by atoms with E-state index in [2.05, 4.69) is 12.0 Å². The number of carbonyl (C=O) groups excluding carboxylic acids is 1. The smallest absolute Gasteiger partial charge is 0.298 e. The van der Waals surface area contributed by atoms with Crippen molar-refractivity contribution in [2.45, 2.75) is 52.6 Å². The molecule has 1 unspecified atom stereocenters. The fourth-order valence-corrected chi connectivity index (χ4v) is 5.52. The van der Waals surface area contributed by atoms with Crippen LogP contribution in [0.25, 0.3) is 0 Å². The van der Waals surface area contributed by atoms with Crippen LogP contribution >= 0.6 is 7.52 Å². The molecule has 6 heteroatoms. The predicted octanol–water partition coefficient (Wildman–Crippen LogP) is 5.92. The number of anilines is 2. The number of rotatable bonds is 9. The van der Waals surface area contributed by atoms with E-state index in [-0.39, 0.29) is 5.91 Å². The maximum Gasteiger partial charge on any atom is 0.298 e. The second-order valence-corrected chi connectivity index (χ2v) is 9.73. The molecule has 1 amide bonds. The van der Waals surface area contributed by atoms with Crippen LogP contribution in [-0.4, -0.2) is 19.1 Å². The molecule has 0 saturated carbocycles. The van der Waals surface area contributed by atoms with Crippen LogP contribution in [0, 0.1) is 6.92 Å². The molecule has 0 aliphatic carbocycles. The zero-order chi connectivity index (χ0) is 20.9. The Bertz CT molecular complexity index is 895. The molecular weight excluding hydrogens is 383 g/mol. The Hall–Kier alpha value is -2.10. The SMILES string of the molecule is CCCCN1C(=O)CCc2cc(NP(=O)(Cc3ccc(C)cc3)OCC)ccc21. The molecule has 0 spiro atoms. The number of aryl methyl sites for hydroxylation is 2. The summed E-state index contributed by atoms with van der Waals surface area (Å²) in [5.41, 5.74) is 5.02. The zero-order valence-electron chi connectivity index (χ0n) is 17.6. The summed E-state index contributed by atoms with van der Waals surface area (Å²) in [5.74, 6) is 0.186. The van der Waals surface area contributed by atoms with E-state index in [9.17, 15) is 9.36 Å². The highest BCUT2D eigenvalue weighted by Gasteiger charge is 2.26. The van der Waals surface area contributed by atoms with Crippen LogP contribution < -0.4 is 9.99 Å². The lowest BCUT2D eigenvalue weighted by Gasteiger charge is -2.30. The minimum atomic E-state index is -3.09. The van der Waals surface area contributed by atoms with E-state index in [4.69, 9.17) is 4.52 Å². The number of nitrogens with zero attached hydrogens (tertiary/aromatic N) is 1. The molecule has 5 nitrogen and oxygen atoms in total. The van der Waals surface area contributed by atoms with Gasteiger partial charge in [0.25, 0.3) is 7.52 Å². The van der Waals surface area contributed by atoms with Crippen molar-refractivity contribution in [3.63, 3.8) is 0 Å². The summed E-state index contributed by atoms with van der Waals surface area (Å²) in [4.78, 5) is 14.2. The normalized spacial score (nSPS) is 15.7. The Morgan fingerprint density at radius 3 is 2.55 bits per heavy atom. The van der Waals surface area contributed by atoms with E-state index in [0.29, 0.717) is 25.6 Å². The molecule has 1 aliphatic heterocycles. The van der Waals surface area contributed by atoms with Crippen LogP contribution in [0.4, 0.5) is 11.4 Å². The first-order chi connectivity index (χ1) is 13.9. The third-order valence-corrected chi connectivity index (χ3v) is 7.22. The molecule has 0 saturated heterocycles. The topological polar surface area (TPSA) is 58.6 Å². The Morgan fingerprint density at radius 2 is 1.86 bits per heavy atom. The van der Waals surface area contributed by atoms with Gasteiger partial charge in [0.15, 0.2) is 0 Å². The Kier molecular flexibility index (Phi) is 7.15. The van der Waals surface area contributed by atoms with Gasteiger partial charge in [-0.1, -0.05) is 43.2 Å². The number of benzene rings is 2. The van der Waals surface area contributed by atoms with Gasteiger partial charge in [0.2, 0.25) is 5.91 Å². The first-order valence-corrected chi connectivity index (χ1v) is 12.3. The van der Waals surface area contributed by atoms with Crippen molar-refractivity contribution >= 4 is 24.8 Å². The second-order valence-electron chi connectivity index (χ2n) is 7.59. The summed E-state index contributed by atoms with van der Waals surface area (Å²) in [6.45, 7) is 7.14. The van der Waals surface area contributed by atoms with Gasteiger partial charge in [-0.25, -0.2) is 0 Å². The Labute approximate surface area is 174 Å². The first-order valence-electron chi connectivity index (χ1n) is 10.4. The molecule has 29 heavy (non-hydrogen) atoms. The van der Waals surface area contributed by atoms with E-state index >= 15 is 0 Å². The van der Waals surface area contributed by atoms with Gasteiger partial charge >= 0.3 is 0 Å². The molecule has 2 aromatic carbocycles. The van der Waals surface area contributed by atoms with Crippen molar-refractivity contribution in [1.29, 1.82) is 0 Å². The van der Waals surface area contributed by atoms with Gasteiger partial charge in [-0.3, -0.25) is 9.36 Å². The fraction of sp³-hybridized carbons (Fsp3) is 0.435. The van der Waals surface area contributed by atoms with Gasteiger partial charge in [0.1, 0.15) is 0 Å². The van der Waals surface area contributed by atoms with Crippen LogP contribution in [0.2, 0.25) is 0 Å². The monoisotopic (exact) mass is 414 g/mol. The quantitative estimate of drug-likeness (QED) is 0.518. The van der Waals surface area contributed by atoms with Crippen molar-refractivity contribution < 1.29 is 13.9 Å². The van der Waals surface area contributed by atoms with Gasteiger partial charge < -0.3 is 14.5 Å². The number of amides is 1. The molecule has 0 fully saturated rings. The Morgan fingerprint density at radius 1 is 1.10 bits per heavy atom. The molecule has 3 rings (SSSR count). The molecule has 0 bridgehead atoms. The molecule has 1 atom stereocenters. The van der Waals surface area contributed by atoms with Crippen LogP contribution in [0.5, 0.6) is 0 Å². The van der Waals surface area contributed by atoms with Gasteiger partial charge in [-0.05, 0) is 56.0 Å². The van der Waals surface area contributed by atoms with Crippen LogP contribution in [0.1, 0.15) is 49.8 Å². The maximum absolute atomic E-state index is 13.5. The van der Waals surface area contributed by atoms with E-state index in [1.165, 1.54) is 5.56 Å². The zero-order valence-corrected chi connectivity index (χ0v) is 18.5. The third kappa shape index (κ3) is 5.49.